The van der Waals surface area contributed by atoms with E-state index in [1.807, 2.05) is 30.3 Å². The lowest BCUT2D eigenvalue weighted by Crippen LogP contribution is -2.19. The molecule has 3 N–H and O–H groups in total. The lowest BCUT2D eigenvalue weighted by Gasteiger charge is -2.17. The van der Waals surface area contributed by atoms with Gasteiger partial charge >= 0.3 is 0 Å². The number of aromatic nitrogens is 2. The van der Waals surface area contributed by atoms with Crippen LogP contribution in [0.1, 0.15) is 45.4 Å². The average Bonchev–Trinajstić information content (AvgIpc) is 2.85. The van der Waals surface area contributed by atoms with Crippen LogP contribution in [-0.4, -0.2) is 21.9 Å². The van der Waals surface area contributed by atoms with E-state index in [2.05, 4.69) is 25.9 Å². The van der Waals surface area contributed by atoms with E-state index < -0.39 is 0 Å². The molecule has 1 aliphatic carbocycles. The van der Waals surface area contributed by atoms with Gasteiger partial charge in [0.1, 0.15) is 18.0 Å². The van der Waals surface area contributed by atoms with Crippen LogP contribution >= 0.6 is 0 Å². The molecule has 0 spiro atoms. The maximum atomic E-state index is 11.1. The highest BCUT2D eigenvalue weighted by Crippen LogP contribution is 2.22. The summed E-state index contributed by atoms with van der Waals surface area (Å²) in [6, 6.07) is 9.97. The molecule has 0 unspecified atom stereocenters. The van der Waals surface area contributed by atoms with Crippen LogP contribution in [0.5, 0.6) is 0 Å². The van der Waals surface area contributed by atoms with Crippen molar-refractivity contribution in [3.05, 3.63) is 36.7 Å². The van der Waals surface area contributed by atoms with E-state index >= 15 is 0 Å². The van der Waals surface area contributed by atoms with Crippen LogP contribution in [0.25, 0.3) is 0 Å². The first-order valence-corrected chi connectivity index (χ1v) is 8.92. The Morgan fingerprint density at radius 2 is 1.60 bits per heavy atom. The van der Waals surface area contributed by atoms with Crippen LogP contribution < -0.4 is 16.0 Å². The molecule has 0 saturated heterocycles. The summed E-state index contributed by atoms with van der Waals surface area (Å²) in [7, 11) is 0. The second kappa shape index (κ2) is 8.46. The molecule has 25 heavy (non-hydrogen) atoms. The Morgan fingerprint density at radius 1 is 0.960 bits per heavy atom. The zero-order chi connectivity index (χ0) is 17.5. The minimum atomic E-state index is -0.0780. The maximum Gasteiger partial charge on any atom is 0.221 e. The van der Waals surface area contributed by atoms with Gasteiger partial charge < -0.3 is 16.0 Å². The van der Waals surface area contributed by atoms with Crippen molar-refractivity contribution in [2.24, 2.45) is 0 Å². The van der Waals surface area contributed by atoms with E-state index in [1.165, 1.54) is 45.4 Å². The molecular weight excluding hydrogens is 314 g/mol. The summed E-state index contributed by atoms with van der Waals surface area (Å²) in [5.41, 5.74) is 1.68. The van der Waals surface area contributed by atoms with E-state index in [0.29, 0.717) is 6.04 Å². The van der Waals surface area contributed by atoms with Gasteiger partial charge in [-0.15, -0.1) is 0 Å². The SMILES string of the molecule is CC(=O)Nc1ccc(Nc2cc(NC3CCCCCC3)ncn2)cc1. The standard InChI is InChI=1S/C19H25N5O/c1-14(25)22-16-8-10-17(11-9-16)24-19-12-18(20-13-21-19)23-15-6-4-2-3-5-7-15/h8-13,15H,2-7H2,1H3,(H,22,25)(H2,20,21,23,24). The molecule has 3 rings (SSSR count). The number of benzene rings is 1. The zero-order valence-electron chi connectivity index (χ0n) is 14.6. The molecule has 6 nitrogen and oxygen atoms in total. The van der Waals surface area contributed by atoms with Gasteiger partial charge in [0.25, 0.3) is 0 Å². The minimum absolute atomic E-state index is 0.0780. The first-order chi connectivity index (χ1) is 12.2. The largest absolute Gasteiger partial charge is 0.367 e. The first-order valence-electron chi connectivity index (χ1n) is 8.92. The van der Waals surface area contributed by atoms with Gasteiger partial charge in [0.2, 0.25) is 5.91 Å². The van der Waals surface area contributed by atoms with Crippen LogP contribution in [0.4, 0.5) is 23.0 Å². The summed E-state index contributed by atoms with van der Waals surface area (Å²) in [5, 5.41) is 9.56. The van der Waals surface area contributed by atoms with E-state index in [0.717, 1.165) is 23.0 Å². The van der Waals surface area contributed by atoms with E-state index in [4.69, 9.17) is 0 Å². The monoisotopic (exact) mass is 339 g/mol. The van der Waals surface area contributed by atoms with Gasteiger partial charge in [0.15, 0.2) is 0 Å². The number of amides is 1. The van der Waals surface area contributed by atoms with Gasteiger partial charge in [-0.25, -0.2) is 9.97 Å². The Hall–Kier alpha value is -2.63. The molecule has 1 fully saturated rings. The zero-order valence-corrected chi connectivity index (χ0v) is 14.6. The molecule has 1 aromatic heterocycles. The molecule has 2 aromatic rings. The molecule has 1 saturated carbocycles. The van der Waals surface area contributed by atoms with Crippen molar-refractivity contribution >= 4 is 28.9 Å². The van der Waals surface area contributed by atoms with Gasteiger partial charge in [-0.2, -0.15) is 0 Å². The Balaban J connectivity index is 1.61. The predicted octanol–water partition coefficient (Wildman–Crippen LogP) is 4.31. The van der Waals surface area contributed by atoms with Crippen LogP contribution in [0.2, 0.25) is 0 Å². The van der Waals surface area contributed by atoms with Gasteiger partial charge in [-0.05, 0) is 37.1 Å². The first kappa shape index (κ1) is 17.2. The number of carbonyl (C=O) groups excluding carboxylic acids is 1. The van der Waals surface area contributed by atoms with Gasteiger partial charge in [0.05, 0.1) is 0 Å². The maximum absolute atomic E-state index is 11.1. The fraction of sp³-hybridized carbons (Fsp3) is 0.421. The van der Waals surface area contributed by atoms with Crippen molar-refractivity contribution in [3.8, 4) is 0 Å². The summed E-state index contributed by atoms with van der Waals surface area (Å²) < 4.78 is 0. The third-order valence-corrected chi connectivity index (χ3v) is 4.35. The number of hydrogen-bond donors (Lipinski definition) is 3. The van der Waals surface area contributed by atoms with Gasteiger partial charge in [-0.3, -0.25) is 4.79 Å². The van der Waals surface area contributed by atoms with Crippen LogP contribution in [0.15, 0.2) is 36.7 Å². The quantitative estimate of drug-likeness (QED) is 0.707. The molecule has 0 aliphatic heterocycles. The molecule has 1 amide bonds. The molecular formula is C19H25N5O. The highest BCUT2D eigenvalue weighted by Gasteiger charge is 2.12. The molecule has 1 aromatic carbocycles. The van der Waals surface area contributed by atoms with Crippen molar-refractivity contribution in [2.45, 2.75) is 51.5 Å². The molecule has 1 heterocycles. The predicted molar refractivity (Wildman–Crippen MR) is 101 cm³/mol. The molecule has 0 radical (unpaired) electrons. The van der Waals surface area contributed by atoms with Crippen molar-refractivity contribution in [1.29, 1.82) is 0 Å². The smallest absolute Gasteiger partial charge is 0.221 e. The highest BCUT2D eigenvalue weighted by molar-refractivity contribution is 5.88. The fourth-order valence-electron chi connectivity index (χ4n) is 3.13. The third-order valence-electron chi connectivity index (χ3n) is 4.35. The van der Waals surface area contributed by atoms with Gasteiger partial charge in [-0.1, -0.05) is 25.7 Å². The molecule has 6 heteroatoms. The normalized spacial score (nSPS) is 15.2. The van der Waals surface area contributed by atoms with E-state index in [-0.39, 0.29) is 5.91 Å². The third kappa shape index (κ3) is 5.45. The van der Waals surface area contributed by atoms with Crippen LogP contribution in [0.3, 0.4) is 0 Å². The number of hydrogen-bond acceptors (Lipinski definition) is 5. The molecule has 0 atom stereocenters. The van der Waals surface area contributed by atoms with Crippen molar-refractivity contribution in [1.82, 2.24) is 9.97 Å². The topological polar surface area (TPSA) is 78.9 Å². The lowest BCUT2D eigenvalue weighted by atomic mass is 10.1. The average molecular weight is 339 g/mol. The molecule has 0 bridgehead atoms. The van der Waals surface area contributed by atoms with E-state index in [9.17, 15) is 4.79 Å². The highest BCUT2D eigenvalue weighted by atomic mass is 16.1. The van der Waals surface area contributed by atoms with Crippen molar-refractivity contribution in [3.63, 3.8) is 0 Å². The van der Waals surface area contributed by atoms with Gasteiger partial charge in [0, 0.05) is 30.4 Å². The Labute approximate surface area is 148 Å². The summed E-state index contributed by atoms with van der Waals surface area (Å²) in [6.07, 6.45) is 9.23. The Bertz CT molecular complexity index is 693. The minimum Gasteiger partial charge on any atom is -0.367 e. The fourth-order valence-corrected chi connectivity index (χ4v) is 3.13. The second-order valence-electron chi connectivity index (χ2n) is 6.50. The van der Waals surface area contributed by atoms with Crippen LogP contribution in [-0.2, 0) is 4.79 Å². The Morgan fingerprint density at radius 3 is 2.28 bits per heavy atom. The number of rotatable bonds is 5. The molecule has 1 aliphatic rings. The van der Waals surface area contributed by atoms with E-state index in [1.54, 1.807) is 6.33 Å². The second-order valence-corrected chi connectivity index (χ2v) is 6.50. The van der Waals surface area contributed by atoms with Crippen molar-refractivity contribution < 1.29 is 4.79 Å². The number of nitrogens with one attached hydrogen (secondary N) is 3. The summed E-state index contributed by atoms with van der Waals surface area (Å²) in [5.74, 6) is 1.53. The van der Waals surface area contributed by atoms with Crippen molar-refractivity contribution in [2.75, 3.05) is 16.0 Å². The van der Waals surface area contributed by atoms with Crippen LogP contribution in [0, 0.1) is 0 Å². The number of nitrogens with zero attached hydrogens (tertiary/aromatic N) is 2. The lowest BCUT2D eigenvalue weighted by molar-refractivity contribution is -0.114. The summed E-state index contributed by atoms with van der Waals surface area (Å²) in [4.78, 5) is 19.7. The summed E-state index contributed by atoms with van der Waals surface area (Å²) in [6.45, 7) is 1.50. The molecule has 132 valence electrons. The number of anilines is 4. The summed E-state index contributed by atoms with van der Waals surface area (Å²) >= 11 is 0. The Kier molecular flexibility index (Phi) is 5.82. The number of carbonyl (C=O) groups is 1.